The standard InChI is InChI=1S/C20H27ClN2O5S/c1-15(2)23(29(25,26)19-9-6-17(21)7-10-19)14-20(24)22(11-12-27-4)13-18-8-5-16(3)28-18/h5-10,15H,11-14H2,1-4H3. The van der Waals surface area contributed by atoms with Gasteiger partial charge in [0.1, 0.15) is 11.5 Å². The number of aryl methyl sites for hydroxylation is 1. The highest BCUT2D eigenvalue weighted by molar-refractivity contribution is 7.89. The van der Waals surface area contributed by atoms with Crippen LogP contribution >= 0.6 is 11.6 Å². The number of hydrogen-bond acceptors (Lipinski definition) is 5. The van der Waals surface area contributed by atoms with E-state index in [2.05, 4.69) is 0 Å². The van der Waals surface area contributed by atoms with Crippen LogP contribution in [0.4, 0.5) is 0 Å². The van der Waals surface area contributed by atoms with E-state index in [-0.39, 0.29) is 23.9 Å². The van der Waals surface area contributed by atoms with E-state index in [9.17, 15) is 13.2 Å². The zero-order chi connectivity index (χ0) is 21.6. The number of rotatable bonds is 10. The van der Waals surface area contributed by atoms with Crippen molar-refractivity contribution in [2.45, 2.75) is 38.3 Å². The molecule has 0 radical (unpaired) electrons. The first-order valence-electron chi connectivity index (χ1n) is 9.24. The summed E-state index contributed by atoms with van der Waals surface area (Å²) in [6.45, 7) is 5.89. The Hall–Kier alpha value is -1.87. The van der Waals surface area contributed by atoms with Crippen LogP contribution in [-0.2, 0) is 26.1 Å². The molecule has 0 saturated carbocycles. The van der Waals surface area contributed by atoms with E-state index in [1.165, 1.54) is 33.5 Å². The minimum atomic E-state index is -3.86. The summed E-state index contributed by atoms with van der Waals surface area (Å²) in [6.07, 6.45) is 0. The zero-order valence-corrected chi connectivity index (χ0v) is 18.7. The highest BCUT2D eigenvalue weighted by atomic mass is 35.5. The number of benzene rings is 1. The smallest absolute Gasteiger partial charge is 0.243 e. The number of sulfonamides is 1. The van der Waals surface area contributed by atoms with Gasteiger partial charge in [-0.25, -0.2) is 8.42 Å². The number of amides is 1. The van der Waals surface area contributed by atoms with Gasteiger partial charge >= 0.3 is 0 Å². The average Bonchev–Trinajstić information content (AvgIpc) is 3.07. The molecule has 0 atom stereocenters. The lowest BCUT2D eigenvalue weighted by Crippen LogP contribution is -2.46. The lowest BCUT2D eigenvalue weighted by Gasteiger charge is -2.29. The summed E-state index contributed by atoms with van der Waals surface area (Å²) in [6, 6.07) is 9.11. The SMILES string of the molecule is COCCN(Cc1ccc(C)o1)C(=O)CN(C(C)C)S(=O)(=O)c1ccc(Cl)cc1. The van der Waals surface area contributed by atoms with Crippen LogP contribution in [0.1, 0.15) is 25.4 Å². The number of nitrogens with zero attached hydrogens (tertiary/aromatic N) is 2. The number of furan rings is 1. The molecule has 0 aliphatic heterocycles. The highest BCUT2D eigenvalue weighted by Gasteiger charge is 2.30. The lowest BCUT2D eigenvalue weighted by atomic mass is 10.3. The fourth-order valence-electron chi connectivity index (χ4n) is 2.77. The molecule has 1 amide bonds. The summed E-state index contributed by atoms with van der Waals surface area (Å²) in [5.74, 6) is 1.04. The second kappa shape index (κ2) is 10.2. The molecule has 0 N–H and O–H groups in total. The maximum atomic E-state index is 13.1. The van der Waals surface area contributed by atoms with Crippen molar-refractivity contribution in [2.24, 2.45) is 0 Å². The largest absolute Gasteiger partial charge is 0.464 e. The Kier molecular flexibility index (Phi) is 8.27. The van der Waals surface area contributed by atoms with Gasteiger partial charge in [-0.1, -0.05) is 11.6 Å². The number of ether oxygens (including phenoxy) is 1. The number of methoxy groups -OCH3 is 1. The summed E-state index contributed by atoms with van der Waals surface area (Å²) in [4.78, 5) is 14.6. The Bertz CT molecular complexity index is 909. The molecule has 1 heterocycles. The molecular formula is C20H27ClN2O5S. The lowest BCUT2D eigenvalue weighted by molar-refractivity contribution is -0.133. The van der Waals surface area contributed by atoms with Crippen LogP contribution < -0.4 is 0 Å². The van der Waals surface area contributed by atoms with Gasteiger partial charge in [-0.05, 0) is 57.2 Å². The molecule has 160 valence electrons. The Morgan fingerprint density at radius 1 is 1.17 bits per heavy atom. The van der Waals surface area contributed by atoms with E-state index in [4.69, 9.17) is 20.8 Å². The van der Waals surface area contributed by atoms with Crippen LogP contribution in [0, 0.1) is 6.92 Å². The molecule has 2 rings (SSSR count). The van der Waals surface area contributed by atoms with Gasteiger partial charge in [0, 0.05) is 24.7 Å². The van der Waals surface area contributed by atoms with Crippen molar-refractivity contribution < 1.29 is 22.4 Å². The Balaban J connectivity index is 2.23. The minimum Gasteiger partial charge on any atom is -0.464 e. The molecule has 0 aliphatic carbocycles. The number of carbonyl (C=O) groups excluding carboxylic acids is 1. The molecule has 29 heavy (non-hydrogen) atoms. The van der Waals surface area contributed by atoms with Crippen molar-refractivity contribution in [3.05, 3.63) is 52.9 Å². The predicted octanol–water partition coefficient (Wildman–Crippen LogP) is 3.32. The Morgan fingerprint density at radius 3 is 2.34 bits per heavy atom. The predicted molar refractivity (Wildman–Crippen MR) is 111 cm³/mol. The van der Waals surface area contributed by atoms with Crippen LogP contribution in [0.25, 0.3) is 0 Å². The molecule has 1 aromatic carbocycles. The van der Waals surface area contributed by atoms with E-state index in [1.54, 1.807) is 27.0 Å². The van der Waals surface area contributed by atoms with Crippen LogP contribution in [0.3, 0.4) is 0 Å². The fraction of sp³-hybridized carbons (Fsp3) is 0.450. The van der Waals surface area contributed by atoms with Crippen LogP contribution in [0.15, 0.2) is 45.7 Å². The molecule has 9 heteroatoms. The van der Waals surface area contributed by atoms with Crippen molar-refractivity contribution in [3.63, 3.8) is 0 Å². The van der Waals surface area contributed by atoms with Crippen molar-refractivity contribution in [1.29, 1.82) is 0 Å². The fourth-order valence-corrected chi connectivity index (χ4v) is 4.48. The first-order valence-corrected chi connectivity index (χ1v) is 11.1. The second-order valence-corrected chi connectivity index (χ2v) is 9.25. The van der Waals surface area contributed by atoms with Gasteiger partial charge in [0.2, 0.25) is 15.9 Å². The molecular weight excluding hydrogens is 416 g/mol. The van der Waals surface area contributed by atoms with Gasteiger partial charge in [0.05, 0.1) is 24.6 Å². The van der Waals surface area contributed by atoms with Crippen molar-refractivity contribution >= 4 is 27.5 Å². The number of hydrogen-bond donors (Lipinski definition) is 0. The van der Waals surface area contributed by atoms with E-state index >= 15 is 0 Å². The normalized spacial score (nSPS) is 12.0. The van der Waals surface area contributed by atoms with Gasteiger partial charge in [-0.15, -0.1) is 0 Å². The molecule has 0 fully saturated rings. The topological polar surface area (TPSA) is 80.1 Å². The molecule has 2 aromatic rings. The van der Waals surface area contributed by atoms with E-state index < -0.39 is 16.1 Å². The molecule has 0 saturated heterocycles. The zero-order valence-electron chi connectivity index (χ0n) is 17.1. The second-order valence-electron chi connectivity index (χ2n) is 6.92. The highest BCUT2D eigenvalue weighted by Crippen LogP contribution is 2.21. The van der Waals surface area contributed by atoms with Crippen molar-refractivity contribution in [1.82, 2.24) is 9.21 Å². The molecule has 0 aliphatic rings. The van der Waals surface area contributed by atoms with Crippen LogP contribution in [0.2, 0.25) is 5.02 Å². The third-order valence-electron chi connectivity index (χ3n) is 4.35. The Morgan fingerprint density at radius 2 is 1.83 bits per heavy atom. The maximum absolute atomic E-state index is 13.1. The summed E-state index contributed by atoms with van der Waals surface area (Å²) in [5, 5.41) is 0.440. The minimum absolute atomic E-state index is 0.0912. The third-order valence-corrected chi connectivity index (χ3v) is 6.64. The van der Waals surface area contributed by atoms with Crippen LogP contribution in [-0.4, -0.2) is 56.4 Å². The number of carbonyl (C=O) groups is 1. The summed E-state index contributed by atoms with van der Waals surface area (Å²) in [7, 11) is -2.32. The van der Waals surface area contributed by atoms with Crippen LogP contribution in [0.5, 0.6) is 0 Å². The first-order chi connectivity index (χ1) is 13.6. The molecule has 1 aromatic heterocycles. The molecule has 0 bridgehead atoms. The van der Waals surface area contributed by atoms with Gasteiger partial charge in [0.25, 0.3) is 0 Å². The maximum Gasteiger partial charge on any atom is 0.243 e. The summed E-state index contributed by atoms with van der Waals surface area (Å²) >= 11 is 5.87. The average molecular weight is 443 g/mol. The van der Waals surface area contributed by atoms with Gasteiger partial charge in [-0.2, -0.15) is 4.31 Å². The van der Waals surface area contributed by atoms with Gasteiger partial charge in [0.15, 0.2) is 0 Å². The van der Waals surface area contributed by atoms with E-state index in [0.717, 1.165) is 5.76 Å². The monoisotopic (exact) mass is 442 g/mol. The molecule has 7 nitrogen and oxygen atoms in total. The van der Waals surface area contributed by atoms with Crippen molar-refractivity contribution in [3.8, 4) is 0 Å². The van der Waals surface area contributed by atoms with Crippen molar-refractivity contribution in [2.75, 3.05) is 26.8 Å². The molecule has 0 spiro atoms. The Labute approximate surface area is 177 Å². The number of halogens is 1. The van der Waals surface area contributed by atoms with Gasteiger partial charge < -0.3 is 14.1 Å². The van der Waals surface area contributed by atoms with E-state index in [0.29, 0.717) is 23.9 Å². The summed E-state index contributed by atoms with van der Waals surface area (Å²) in [5.41, 5.74) is 0. The van der Waals surface area contributed by atoms with Gasteiger partial charge in [-0.3, -0.25) is 4.79 Å². The first kappa shape index (κ1) is 23.4. The third kappa shape index (κ3) is 6.30. The summed E-state index contributed by atoms with van der Waals surface area (Å²) < 4.78 is 38.0. The quantitative estimate of drug-likeness (QED) is 0.563. The molecule has 0 unspecified atom stereocenters. The van der Waals surface area contributed by atoms with E-state index in [1.807, 2.05) is 13.0 Å².